The van der Waals surface area contributed by atoms with Crippen molar-refractivity contribution < 1.29 is 28.6 Å². The van der Waals surface area contributed by atoms with Crippen molar-refractivity contribution in [3.05, 3.63) is 122 Å². The predicted molar refractivity (Wildman–Crippen MR) is 343 cm³/mol. The quantitative estimate of drug-likeness (QED) is 0.0261. The lowest BCUT2D eigenvalue weighted by molar-refractivity contribution is -0.167. The maximum Gasteiger partial charge on any atom is 0.306 e. The molecule has 0 aliphatic rings. The van der Waals surface area contributed by atoms with E-state index in [1.807, 2.05) is 0 Å². The van der Waals surface area contributed by atoms with Crippen LogP contribution in [0.15, 0.2) is 122 Å². The second kappa shape index (κ2) is 66.3. The monoisotopic (exact) mass is 1090 g/mol. The van der Waals surface area contributed by atoms with E-state index in [0.29, 0.717) is 12.8 Å². The van der Waals surface area contributed by atoms with Crippen molar-refractivity contribution in [2.24, 2.45) is 0 Å². The van der Waals surface area contributed by atoms with E-state index in [0.717, 1.165) is 141 Å². The molecule has 0 aromatic carbocycles. The molecule has 79 heavy (non-hydrogen) atoms. The fourth-order valence-corrected chi connectivity index (χ4v) is 8.99. The van der Waals surface area contributed by atoms with Gasteiger partial charge in [0.2, 0.25) is 0 Å². The van der Waals surface area contributed by atoms with Crippen molar-refractivity contribution in [2.45, 2.75) is 309 Å². The van der Waals surface area contributed by atoms with E-state index in [-0.39, 0.29) is 37.5 Å². The van der Waals surface area contributed by atoms with Gasteiger partial charge in [-0.25, -0.2) is 0 Å². The summed E-state index contributed by atoms with van der Waals surface area (Å²) in [4.78, 5) is 38.3. The van der Waals surface area contributed by atoms with Gasteiger partial charge >= 0.3 is 17.9 Å². The number of rotatable bonds is 59. The summed E-state index contributed by atoms with van der Waals surface area (Å²) < 4.78 is 16.9. The van der Waals surface area contributed by atoms with Crippen LogP contribution in [0, 0.1) is 0 Å². The summed E-state index contributed by atoms with van der Waals surface area (Å²) in [6.45, 7) is 6.42. The molecular weight excluding hydrogens is 973 g/mol. The zero-order chi connectivity index (χ0) is 57.1. The second-order valence-electron chi connectivity index (χ2n) is 21.6. The van der Waals surface area contributed by atoms with Crippen molar-refractivity contribution in [2.75, 3.05) is 13.2 Å². The first-order valence-electron chi connectivity index (χ1n) is 33.0. The highest BCUT2D eigenvalue weighted by atomic mass is 16.6. The first kappa shape index (κ1) is 74.8. The number of esters is 3. The van der Waals surface area contributed by atoms with Crippen LogP contribution in [0.1, 0.15) is 303 Å². The van der Waals surface area contributed by atoms with Crippen molar-refractivity contribution in [1.29, 1.82) is 0 Å². The molecule has 0 radical (unpaired) electrons. The molecule has 0 heterocycles. The molecule has 0 saturated heterocycles. The van der Waals surface area contributed by atoms with Gasteiger partial charge in [-0.2, -0.15) is 0 Å². The van der Waals surface area contributed by atoms with E-state index in [1.54, 1.807) is 0 Å². The zero-order valence-electron chi connectivity index (χ0n) is 51.6. The number of unbranched alkanes of at least 4 members (excludes halogenated alkanes) is 28. The minimum atomic E-state index is -0.806. The smallest absolute Gasteiger partial charge is 0.306 e. The molecule has 0 aromatic heterocycles. The molecule has 1 atom stereocenters. The molecule has 1 unspecified atom stereocenters. The highest BCUT2D eigenvalue weighted by molar-refractivity contribution is 5.71. The molecule has 0 aromatic rings. The summed E-state index contributed by atoms with van der Waals surface area (Å²) in [6, 6.07) is 0. The van der Waals surface area contributed by atoms with Gasteiger partial charge in [-0.1, -0.05) is 277 Å². The Labute approximate surface area is 488 Å². The summed E-state index contributed by atoms with van der Waals surface area (Å²) in [5.41, 5.74) is 0. The molecule has 0 spiro atoms. The fraction of sp³-hybridized carbons (Fsp3) is 0.685. The SMILES string of the molecule is CC/C=C\C/C=C\C/C=C\C/C=C\C/C=C\CCCCCC(=O)OC(COC(=O)CCCCCCC/C=C\C/C=C\CCC)COC(=O)CCCCCCCCCCCCCCCC/C=C\C/C=C\C/C=C\CCCCCCC. The van der Waals surface area contributed by atoms with Gasteiger partial charge in [0.1, 0.15) is 13.2 Å². The van der Waals surface area contributed by atoms with E-state index < -0.39 is 6.10 Å². The molecule has 0 aliphatic heterocycles. The number of carbonyl (C=O) groups excluding carboxylic acids is 3. The predicted octanol–water partition coefficient (Wildman–Crippen LogP) is 22.8. The Bertz CT molecular complexity index is 1640. The Morgan fingerprint density at radius 3 is 0.835 bits per heavy atom. The average Bonchev–Trinajstić information content (AvgIpc) is 3.45. The number of carbonyl (C=O) groups is 3. The van der Waals surface area contributed by atoms with Crippen molar-refractivity contribution in [1.82, 2.24) is 0 Å². The van der Waals surface area contributed by atoms with Crippen LogP contribution in [0.2, 0.25) is 0 Å². The minimum absolute atomic E-state index is 0.0979. The molecule has 0 fully saturated rings. The van der Waals surface area contributed by atoms with Crippen molar-refractivity contribution >= 4 is 17.9 Å². The van der Waals surface area contributed by atoms with Gasteiger partial charge in [0.15, 0.2) is 6.10 Å². The fourth-order valence-electron chi connectivity index (χ4n) is 8.99. The second-order valence-corrected chi connectivity index (χ2v) is 21.6. The maximum atomic E-state index is 12.9. The number of ether oxygens (including phenoxy) is 3. The summed E-state index contributed by atoms with van der Waals surface area (Å²) in [7, 11) is 0. The van der Waals surface area contributed by atoms with E-state index in [4.69, 9.17) is 14.2 Å². The lowest BCUT2D eigenvalue weighted by Crippen LogP contribution is -2.30. The highest BCUT2D eigenvalue weighted by Gasteiger charge is 2.19. The number of hydrogen-bond donors (Lipinski definition) is 0. The molecular formula is C73H122O6. The zero-order valence-corrected chi connectivity index (χ0v) is 51.6. The van der Waals surface area contributed by atoms with Gasteiger partial charge < -0.3 is 14.2 Å². The molecule has 6 heteroatoms. The normalized spacial score (nSPS) is 12.9. The van der Waals surface area contributed by atoms with E-state index >= 15 is 0 Å². The molecule has 450 valence electrons. The van der Waals surface area contributed by atoms with Crippen LogP contribution in [0.25, 0.3) is 0 Å². The van der Waals surface area contributed by atoms with Gasteiger partial charge in [-0.3, -0.25) is 14.4 Å². The van der Waals surface area contributed by atoms with Crippen LogP contribution in [-0.4, -0.2) is 37.2 Å². The standard InChI is InChI=1S/C73H122O6/c1-4-7-10-13-16-19-22-25-27-29-31-32-33-34-35-36-37-38-39-40-42-43-45-48-51-54-57-60-63-66-72(75)78-69-70(68-77-71(74)65-62-59-56-53-50-47-24-21-18-15-12-9-6-3)79-73(76)67-64-61-58-55-52-49-46-44-41-30-28-26-23-20-17-14-11-8-5-2/h8,11-12,15,17,20-22,24-26,28-29,31,33-34,41,44,49,52,70H,4-7,9-10,13-14,16,18-19,23,27,30,32,35-40,42-43,45-48,50-51,53-69H2,1-3H3/b11-8-,15-12-,20-17-,24-21-,25-22-,28-26-,31-29-,34-33-,44-41-,52-49-. The van der Waals surface area contributed by atoms with Crippen LogP contribution >= 0.6 is 0 Å². The van der Waals surface area contributed by atoms with Crippen LogP contribution in [-0.2, 0) is 28.6 Å². The maximum absolute atomic E-state index is 12.9. The first-order valence-corrected chi connectivity index (χ1v) is 33.0. The molecule has 0 saturated carbocycles. The van der Waals surface area contributed by atoms with Crippen LogP contribution < -0.4 is 0 Å². The Balaban J connectivity index is 4.32. The summed E-state index contributed by atoms with van der Waals surface area (Å²) in [5.74, 6) is -0.941. The van der Waals surface area contributed by atoms with Crippen LogP contribution in [0.4, 0.5) is 0 Å². The molecule has 0 rings (SSSR count). The molecule has 0 aliphatic carbocycles. The van der Waals surface area contributed by atoms with E-state index in [2.05, 4.69) is 142 Å². The van der Waals surface area contributed by atoms with Gasteiger partial charge in [0.25, 0.3) is 0 Å². The van der Waals surface area contributed by atoms with E-state index in [1.165, 1.54) is 122 Å². The highest BCUT2D eigenvalue weighted by Crippen LogP contribution is 2.16. The Morgan fingerprint density at radius 1 is 0.266 bits per heavy atom. The number of allylic oxidation sites excluding steroid dienone is 20. The topological polar surface area (TPSA) is 78.9 Å². The third-order valence-electron chi connectivity index (χ3n) is 13.9. The third-order valence-corrected chi connectivity index (χ3v) is 13.9. The summed E-state index contributed by atoms with van der Waals surface area (Å²) in [5, 5.41) is 0. The van der Waals surface area contributed by atoms with Crippen molar-refractivity contribution in [3.63, 3.8) is 0 Å². The Hall–Kier alpha value is -4.19. The van der Waals surface area contributed by atoms with Gasteiger partial charge in [-0.05, 0) is 128 Å². The Morgan fingerprint density at radius 2 is 0.519 bits per heavy atom. The van der Waals surface area contributed by atoms with Crippen LogP contribution in [0.3, 0.4) is 0 Å². The molecule has 0 bridgehead atoms. The summed E-state index contributed by atoms with van der Waals surface area (Å²) >= 11 is 0. The van der Waals surface area contributed by atoms with Gasteiger partial charge in [-0.15, -0.1) is 0 Å². The lowest BCUT2D eigenvalue weighted by atomic mass is 10.0. The minimum Gasteiger partial charge on any atom is -0.462 e. The Kier molecular flexibility index (Phi) is 62.8. The van der Waals surface area contributed by atoms with Crippen molar-refractivity contribution in [3.8, 4) is 0 Å². The molecule has 6 nitrogen and oxygen atoms in total. The molecule has 0 N–H and O–H groups in total. The van der Waals surface area contributed by atoms with Gasteiger partial charge in [0.05, 0.1) is 0 Å². The largest absolute Gasteiger partial charge is 0.462 e. The lowest BCUT2D eigenvalue weighted by Gasteiger charge is -2.18. The molecule has 0 amide bonds. The number of hydrogen-bond acceptors (Lipinski definition) is 6. The first-order chi connectivity index (χ1) is 39.0. The average molecular weight is 1100 g/mol. The third kappa shape index (κ3) is 64.5. The van der Waals surface area contributed by atoms with E-state index in [9.17, 15) is 14.4 Å². The van der Waals surface area contributed by atoms with Crippen LogP contribution in [0.5, 0.6) is 0 Å². The summed E-state index contributed by atoms with van der Waals surface area (Å²) in [6.07, 6.45) is 92.2. The van der Waals surface area contributed by atoms with Gasteiger partial charge in [0, 0.05) is 19.3 Å².